The summed E-state index contributed by atoms with van der Waals surface area (Å²) >= 11 is 0. The first-order valence-electron chi connectivity index (χ1n) is 7.00. The Morgan fingerprint density at radius 2 is 2.05 bits per heavy atom. The molecule has 1 aliphatic heterocycles. The van der Waals surface area contributed by atoms with E-state index in [0.717, 1.165) is 11.8 Å². The molecule has 1 atom stereocenters. The number of rotatable bonds is 3. The van der Waals surface area contributed by atoms with Gasteiger partial charge < -0.3 is 5.73 Å². The van der Waals surface area contributed by atoms with Gasteiger partial charge in [0.2, 0.25) is 10.0 Å². The predicted octanol–water partition coefficient (Wildman–Crippen LogP) is 2.02. The number of pyridine rings is 1. The molecule has 2 heterocycles. The molecule has 120 valence electrons. The van der Waals surface area contributed by atoms with E-state index in [1.54, 1.807) is 24.4 Å². The van der Waals surface area contributed by atoms with Crippen molar-refractivity contribution in [2.75, 3.05) is 19.6 Å². The Morgan fingerprint density at radius 1 is 1.32 bits per heavy atom. The lowest BCUT2D eigenvalue weighted by molar-refractivity contribution is 0.350. The third-order valence-electron chi connectivity index (χ3n) is 4.23. The lowest BCUT2D eigenvalue weighted by Gasteiger charge is -2.22. The summed E-state index contributed by atoms with van der Waals surface area (Å²) in [5.74, 6) is 0. The SMILES string of the molecule is CC1(CN)CCN(S(=O)(=O)c2cccc3cccnc23)C1.Cl. The highest BCUT2D eigenvalue weighted by atomic mass is 35.5. The van der Waals surface area contributed by atoms with Crippen LogP contribution in [-0.4, -0.2) is 37.3 Å². The molecule has 0 saturated carbocycles. The van der Waals surface area contributed by atoms with Crippen LogP contribution in [0.4, 0.5) is 0 Å². The fourth-order valence-electron chi connectivity index (χ4n) is 2.77. The number of aromatic nitrogens is 1. The van der Waals surface area contributed by atoms with Gasteiger partial charge in [0.25, 0.3) is 0 Å². The molecule has 0 amide bonds. The maximum Gasteiger partial charge on any atom is 0.245 e. The van der Waals surface area contributed by atoms with E-state index in [4.69, 9.17) is 5.73 Å². The van der Waals surface area contributed by atoms with Crippen LogP contribution in [0.3, 0.4) is 0 Å². The number of halogens is 1. The molecule has 2 aromatic rings. The van der Waals surface area contributed by atoms with Crippen molar-refractivity contribution in [3.63, 3.8) is 0 Å². The van der Waals surface area contributed by atoms with E-state index in [-0.39, 0.29) is 22.7 Å². The Hall–Kier alpha value is -1.21. The van der Waals surface area contributed by atoms with Crippen molar-refractivity contribution in [2.45, 2.75) is 18.2 Å². The van der Waals surface area contributed by atoms with E-state index in [1.165, 1.54) is 4.31 Å². The van der Waals surface area contributed by atoms with Gasteiger partial charge in [-0.3, -0.25) is 4.98 Å². The number of sulfonamides is 1. The second-order valence-electron chi connectivity index (χ2n) is 5.93. The Balaban J connectivity index is 0.00000176. The zero-order chi connectivity index (χ0) is 15.1. The number of fused-ring (bicyclic) bond motifs is 1. The van der Waals surface area contributed by atoms with E-state index < -0.39 is 10.0 Å². The average Bonchev–Trinajstić information content (AvgIpc) is 2.91. The third kappa shape index (κ3) is 2.84. The summed E-state index contributed by atoms with van der Waals surface area (Å²) in [4.78, 5) is 4.52. The summed E-state index contributed by atoms with van der Waals surface area (Å²) < 4.78 is 27.3. The van der Waals surface area contributed by atoms with Crippen molar-refractivity contribution in [2.24, 2.45) is 11.1 Å². The number of nitrogens with zero attached hydrogens (tertiary/aromatic N) is 2. The van der Waals surface area contributed by atoms with Crippen molar-refractivity contribution in [3.05, 3.63) is 36.5 Å². The monoisotopic (exact) mass is 341 g/mol. The normalized spacial score (nSPS) is 22.6. The first-order valence-corrected chi connectivity index (χ1v) is 8.44. The smallest absolute Gasteiger partial charge is 0.245 e. The van der Waals surface area contributed by atoms with Crippen LogP contribution < -0.4 is 5.73 Å². The highest BCUT2D eigenvalue weighted by Crippen LogP contribution is 2.33. The molecule has 3 rings (SSSR count). The lowest BCUT2D eigenvalue weighted by Crippen LogP contribution is -2.34. The zero-order valence-electron chi connectivity index (χ0n) is 12.4. The molecular formula is C15H20ClN3O2S. The van der Waals surface area contributed by atoms with Gasteiger partial charge in [0.1, 0.15) is 4.90 Å². The van der Waals surface area contributed by atoms with Gasteiger partial charge in [-0.15, -0.1) is 12.4 Å². The van der Waals surface area contributed by atoms with Crippen molar-refractivity contribution in [1.29, 1.82) is 0 Å². The molecule has 0 spiro atoms. The van der Waals surface area contributed by atoms with E-state index in [0.29, 0.717) is 25.2 Å². The second kappa shape index (κ2) is 6.12. The molecule has 1 unspecified atom stereocenters. The zero-order valence-corrected chi connectivity index (χ0v) is 14.0. The molecule has 1 fully saturated rings. The minimum Gasteiger partial charge on any atom is -0.330 e. The molecule has 7 heteroatoms. The van der Waals surface area contributed by atoms with E-state index >= 15 is 0 Å². The Bertz CT molecular complexity index is 776. The highest BCUT2D eigenvalue weighted by Gasteiger charge is 2.39. The minimum atomic E-state index is -3.53. The molecule has 1 aromatic heterocycles. The molecule has 22 heavy (non-hydrogen) atoms. The molecular weight excluding hydrogens is 322 g/mol. The van der Waals surface area contributed by atoms with Crippen molar-refractivity contribution in [3.8, 4) is 0 Å². The minimum absolute atomic E-state index is 0. The van der Waals surface area contributed by atoms with Crippen molar-refractivity contribution >= 4 is 33.3 Å². The van der Waals surface area contributed by atoms with Crippen LogP contribution in [0.25, 0.3) is 10.9 Å². The van der Waals surface area contributed by atoms with Crippen LogP contribution in [0.2, 0.25) is 0 Å². The van der Waals surface area contributed by atoms with Crippen molar-refractivity contribution < 1.29 is 8.42 Å². The summed E-state index contributed by atoms with van der Waals surface area (Å²) in [6.07, 6.45) is 2.41. The Morgan fingerprint density at radius 3 is 2.73 bits per heavy atom. The van der Waals surface area contributed by atoms with Gasteiger partial charge in [-0.05, 0) is 30.5 Å². The first-order chi connectivity index (χ1) is 9.96. The second-order valence-corrected chi connectivity index (χ2v) is 7.84. The van der Waals surface area contributed by atoms with Crippen LogP contribution in [0.5, 0.6) is 0 Å². The van der Waals surface area contributed by atoms with Gasteiger partial charge >= 0.3 is 0 Å². The number of para-hydroxylation sites is 1. The summed E-state index contributed by atoms with van der Waals surface area (Å²) in [6, 6.07) is 8.93. The molecule has 1 saturated heterocycles. The van der Waals surface area contributed by atoms with Crippen LogP contribution in [0.15, 0.2) is 41.4 Å². The molecule has 0 aliphatic carbocycles. The van der Waals surface area contributed by atoms with Crippen LogP contribution in [-0.2, 0) is 10.0 Å². The molecule has 1 aliphatic rings. The molecule has 1 aromatic carbocycles. The fraction of sp³-hybridized carbons (Fsp3) is 0.400. The van der Waals surface area contributed by atoms with Gasteiger partial charge in [0.15, 0.2) is 0 Å². The Kier molecular flexibility index (Phi) is 4.77. The molecule has 5 nitrogen and oxygen atoms in total. The number of benzene rings is 1. The maximum absolute atomic E-state index is 12.9. The summed E-state index contributed by atoms with van der Waals surface area (Å²) in [7, 11) is -3.53. The summed E-state index contributed by atoms with van der Waals surface area (Å²) in [6.45, 7) is 3.50. The fourth-order valence-corrected chi connectivity index (χ4v) is 4.53. The Labute approximate surface area is 137 Å². The standard InChI is InChI=1S/C15H19N3O2S.ClH/c1-15(10-16)7-9-18(11-15)21(19,20)13-6-2-4-12-5-3-8-17-14(12)13;/h2-6,8H,7,9-11,16H2,1H3;1H. The van der Waals surface area contributed by atoms with E-state index in [1.807, 2.05) is 19.1 Å². The third-order valence-corrected chi connectivity index (χ3v) is 6.11. The quantitative estimate of drug-likeness (QED) is 0.926. The number of hydrogen-bond acceptors (Lipinski definition) is 4. The van der Waals surface area contributed by atoms with Gasteiger partial charge in [-0.2, -0.15) is 4.31 Å². The van der Waals surface area contributed by atoms with Gasteiger partial charge in [0.05, 0.1) is 5.52 Å². The van der Waals surface area contributed by atoms with Crippen LogP contribution in [0, 0.1) is 5.41 Å². The van der Waals surface area contributed by atoms with Crippen molar-refractivity contribution in [1.82, 2.24) is 9.29 Å². The van der Waals surface area contributed by atoms with E-state index in [2.05, 4.69) is 4.98 Å². The molecule has 0 radical (unpaired) electrons. The van der Waals surface area contributed by atoms with Crippen LogP contribution in [0.1, 0.15) is 13.3 Å². The summed E-state index contributed by atoms with van der Waals surface area (Å²) in [5, 5.41) is 0.833. The predicted molar refractivity (Wildman–Crippen MR) is 89.5 cm³/mol. The maximum atomic E-state index is 12.9. The largest absolute Gasteiger partial charge is 0.330 e. The number of nitrogens with two attached hydrogens (primary N) is 1. The highest BCUT2D eigenvalue weighted by molar-refractivity contribution is 7.89. The first kappa shape index (κ1) is 17.1. The summed E-state index contributed by atoms with van der Waals surface area (Å²) in [5.41, 5.74) is 6.16. The molecule has 0 bridgehead atoms. The number of hydrogen-bond donors (Lipinski definition) is 1. The average molecular weight is 342 g/mol. The van der Waals surface area contributed by atoms with E-state index in [9.17, 15) is 8.42 Å². The molecule has 2 N–H and O–H groups in total. The van der Waals surface area contributed by atoms with Gasteiger partial charge in [-0.25, -0.2) is 8.42 Å². The van der Waals surface area contributed by atoms with Gasteiger partial charge in [0, 0.05) is 24.7 Å². The van der Waals surface area contributed by atoms with Gasteiger partial charge in [-0.1, -0.05) is 25.1 Å². The van der Waals surface area contributed by atoms with Crippen LogP contribution >= 0.6 is 12.4 Å². The lowest BCUT2D eigenvalue weighted by atomic mass is 9.90. The topological polar surface area (TPSA) is 76.3 Å².